The van der Waals surface area contributed by atoms with Gasteiger partial charge < -0.3 is 19.7 Å². The average molecular weight is 328 g/mol. The van der Waals surface area contributed by atoms with Crippen LogP contribution in [0.25, 0.3) is 0 Å². The molecule has 2 N–H and O–H groups in total. The van der Waals surface area contributed by atoms with Crippen molar-refractivity contribution in [3.63, 3.8) is 0 Å². The van der Waals surface area contributed by atoms with Gasteiger partial charge in [0.05, 0.1) is 24.9 Å². The maximum absolute atomic E-state index is 12.8. The lowest BCUT2D eigenvalue weighted by Crippen LogP contribution is -2.41. The SMILES string of the molecule is O=C(c1c[nH]cc1Cc1ccccc1)N1CCC(OCCO)CC1. The molecule has 24 heavy (non-hydrogen) atoms. The molecule has 3 rings (SSSR count). The molecule has 128 valence electrons. The molecule has 0 atom stereocenters. The van der Waals surface area contributed by atoms with Gasteiger partial charge in [0, 0.05) is 25.5 Å². The predicted molar refractivity (Wildman–Crippen MR) is 92.0 cm³/mol. The molecule has 1 aromatic carbocycles. The number of hydrogen-bond acceptors (Lipinski definition) is 3. The fraction of sp³-hybridized carbons (Fsp3) is 0.421. The van der Waals surface area contributed by atoms with Crippen molar-refractivity contribution in [1.82, 2.24) is 9.88 Å². The number of carbonyl (C=O) groups excluding carboxylic acids is 1. The predicted octanol–water partition coefficient (Wildman–Crippen LogP) is 2.22. The van der Waals surface area contributed by atoms with Crippen LogP contribution in [0.15, 0.2) is 42.7 Å². The second-order valence-corrected chi connectivity index (χ2v) is 6.14. The molecule has 1 amide bonds. The number of piperidine rings is 1. The molecule has 0 bridgehead atoms. The minimum Gasteiger partial charge on any atom is -0.394 e. The largest absolute Gasteiger partial charge is 0.394 e. The topological polar surface area (TPSA) is 65.6 Å². The van der Waals surface area contributed by atoms with Gasteiger partial charge in [0.15, 0.2) is 0 Å². The van der Waals surface area contributed by atoms with Crippen molar-refractivity contribution >= 4 is 5.91 Å². The molecule has 1 aliphatic heterocycles. The highest BCUT2D eigenvalue weighted by Gasteiger charge is 2.25. The number of aromatic nitrogens is 1. The summed E-state index contributed by atoms with van der Waals surface area (Å²) in [6.07, 6.45) is 6.26. The van der Waals surface area contributed by atoms with E-state index < -0.39 is 0 Å². The summed E-state index contributed by atoms with van der Waals surface area (Å²) in [5.41, 5.74) is 2.99. The second kappa shape index (κ2) is 8.13. The third-order valence-corrected chi connectivity index (χ3v) is 4.47. The van der Waals surface area contributed by atoms with Gasteiger partial charge in [-0.15, -0.1) is 0 Å². The van der Waals surface area contributed by atoms with Crippen LogP contribution in [0.5, 0.6) is 0 Å². The van der Waals surface area contributed by atoms with E-state index in [1.54, 1.807) is 6.20 Å². The molecule has 2 aromatic rings. The number of amides is 1. The Labute approximate surface area is 142 Å². The number of nitrogens with zero attached hydrogens (tertiary/aromatic N) is 1. The number of carbonyl (C=O) groups is 1. The Morgan fingerprint density at radius 3 is 2.67 bits per heavy atom. The van der Waals surface area contributed by atoms with Crippen molar-refractivity contribution in [2.75, 3.05) is 26.3 Å². The molecule has 5 heteroatoms. The minimum atomic E-state index is 0.0470. The van der Waals surface area contributed by atoms with E-state index in [-0.39, 0.29) is 18.6 Å². The van der Waals surface area contributed by atoms with Gasteiger partial charge in [-0.1, -0.05) is 30.3 Å². The number of nitrogens with one attached hydrogen (secondary N) is 1. The molecular formula is C19H24N2O3. The lowest BCUT2D eigenvalue weighted by atomic mass is 10.0. The number of aliphatic hydroxyl groups is 1. The molecule has 2 heterocycles. The van der Waals surface area contributed by atoms with Crippen LogP contribution in [0, 0.1) is 0 Å². The third-order valence-electron chi connectivity index (χ3n) is 4.47. The van der Waals surface area contributed by atoms with Crippen LogP contribution in [0.2, 0.25) is 0 Å². The summed E-state index contributed by atoms with van der Waals surface area (Å²) in [6, 6.07) is 10.2. The molecular weight excluding hydrogens is 304 g/mol. The van der Waals surface area contributed by atoms with Gasteiger partial charge >= 0.3 is 0 Å². The Morgan fingerprint density at radius 2 is 1.96 bits per heavy atom. The van der Waals surface area contributed by atoms with Gasteiger partial charge in [-0.05, 0) is 30.4 Å². The fourth-order valence-corrected chi connectivity index (χ4v) is 3.17. The quantitative estimate of drug-likeness (QED) is 0.854. The summed E-state index contributed by atoms with van der Waals surface area (Å²) in [6.45, 7) is 1.82. The van der Waals surface area contributed by atoms with Crippen LogP contribution in [0.4, 0.5) is 0 Å². The molecule has 5 nitrogen and oxygen atoms in total. The normalized spacial score (nSPS) is 15.6. The molecule has 1 aliphatic rings. The van der Waals surface area contributed by atoms with Crippen LogP contribution in [0.3, 0.4) is 0 Å². The summed E-state index contributed by atoms with van der Waals surface area (Å²) < 4.78 is 5.56. The number of rotatable bonds is 6. The maximum Gasteiger partial charge on any atom is 0.255 e. The number of hydrogen-bond donors (Lipinski definition) is 2. The average Bonchev–Trinajstić information content (AvgIpc) is 3.09. The lowest BCUT2D eigenvalue weighted by molar-refractivity contribution is -0.00555. The molecule has 1 saturated heterocycles. The van der Waals surface area contributed by atoms with Crippen LogP contribution in [-0.2, 0) is 11.2 Å². The standard InChI is InChI=1S/C19H24N2O3/c22-10-11-24-17-6-8-21(9-7-17)19(23)18-14-20-13-16(18)12-15-4-2-1-3-5-15/h1-5,13-14,17,20,22H,6-12H2. The second-order valence-electron chi connectivity index (χ2n) is 6.14. The van der Waals surface area contributed by atoms with E-state index in [1.165, 1.54) is 5.56 Å². The van der Waals surface area contributed by atoms with Crippen molar-refractivity contribution in [2.45, 2.75) is 25.4 Å². The molecule has 0 spiro atoms. The molecule has 0 aliphatic carbocycles. The Balaban J connectivity index is 1.61. The summed E-state index contributed by atoms with van der Waals surface area (Å²) in [5.74, 6) is 0.0859. The number of ether oxygens (including phenoxy) is 1. The first-order valence-electron chi connectivity index (χ1n) is 8.49. The highest BCUT2D eigenvalue weighted by Crippen LogP contribution is 2.20. The van der Waals surface area contributed by atoms with Gasteiger partial charge in [0.25, 0.3) is 5.91 Å². The smallest absolute Gasteiger partial charge is 0.255 e. The summed E-state index contributed by atoms with van der Waals surface area (Å²) >= 11 is 0. The highest BCUT2D eigenvalue weighted by atomic mass is 16.5. The minimum absolute atomic E-state index is 0.0470. The van der Waals surface area contributed by atoms with Gasteiger partial charge in [-0.2, -0.15) is 0 Å². The highest BCUT2D eigenvalue weighted by molar-refractivity contribution is 5.95. The number of aliphatic hydroxyl groups excluding tert-OH is 1. The van der Waals surface area contributed by atoms with E-state index in [0.717, 1.165) is 30.4 Å². The Hall–Kier alpha value is -2.11. The number of H-pyrrole nitrogens is 1. The number of likely N-dealkylation sites (tertiary alicyclic amines) is 1. The van der Waals surface area contributed by atoms with Crippen molar-refractivity contribution in [2.24, 2.45) is 0 Å². The van der Waals surface area contributed by atoms with Crippen molar-refractivity contribution in [1.29, 1.82) is 0 Å². The van der Waals surface area contributed by atoms with Crippen LogP contribution in [-0.4, -0.2) is 53.3 Å². The van der Waals surface area contributed by atoms with Crippen LogP contribution < -0.4 is 0 Å². The fourth-order valence-electron chi connectivity index (χ4n) is 3.17. The Morgan fingerprint density at radius 1 is 1.21 bits per heavy atom. The molecule has 0 radical (unpaired) electrons. The van der Waals surface area contributed by atoms with Crippen molar-refractivity contribution < 1.29 is 14.6 Å². The maximum atomic E-state index is 12.8. The molecule has 0 saturated carbocycles. The molecule has 1 aromatic heterocycles. The van der Waals surface area contributed by atoms with Gasteiger partial charge in [-0.25, -0.2) is 0 Å². The van der Waals surface area contributed by atoms with E-state index >= 15 is 0 Å². The first kappa shape index (κ1) is 16.7. The zero-order valence-electron chi connectivity index (χ0n) is 13.8. The first-order chi connectivity index (χ1) is 11.8. The van der Waals surface area contributed by atoms with Gasteiger partial charge in [0.2, 0.25) is 0 Å². The first-order valence-corrected chi connectivity index (χ1v) is 8.49. The Bertz CT molecular complexity index is 646. The van der Waals surface area contributed by atoms with E-state index in [1.807, 2.05) is 29.3 Å². The zero-order valence-corrected chi connectivity index (χ0v) is 13.8. The summed E-state index contributed by atoms with van der Waals surface area (Å²) in [4.78, 5) is 17.8. The van der Waals surface area contributed by atoms with E-state index in [0.29, 0.717) is 19.7 Å². The number of benzene rings is 1. The van der Waals surface area contributed by atoms with E-state index in [9.17, 15) is 4.79 Å². The summed E-state index contributed by atoms with van der Waals surface area (Å²) in [5, 5.41) is 8.82. The summed E-state index contributed by atoms with van der Waals surface area (Å²) in [7, 11) is 0. The number of aromatic amines is 1. The van der Waals surface area contributed by atoms with Gasteiger partial charge in [-0.3, -0.25) is 4.79 Å². The van der Waals surface area contributed by atoms with Crippen LogP contribution >= 0.6 is 0 Å². The molecule has 1 fully saturated rings. The van der Waals surface area contributed by atoms with Crippen molar-refractivity contribution in [3.8, 4) is 0 Å². The van der Waals surface area contributed by atoms with Crippen LogP contribution in [0.1, 0.15) is 34.3 Å². The monoisotopic (exact) mass is 328 g/mol. The van der Waals surface area contributed by atoms with E-state index in [2.05, 4.69) is 17.1 Å². The Kier molecular flexibility index (Phi) is 5.67. The molecule has 0 unspecified atom stereocenters. The van der Waals surface area contributed by atoms with Crippen molar-refractivity contribution in [3.05, 3.63) is 59.4 Å². The third kappa shape index (κ3) is 4.04. The van der Waals surface area contributed by atoms with Gasteiger partial charge in [0.1, 0.15) is 0 Å². The zero-order chi connectivity index (χ0) is 16.8. The van der Waals surface area contributed by atoms with E-state index in [4.69, 9.17) is 9.84 Å². The lowest BCUT2D eigenvalue weighted by Gasteiger charge is -2.32.